The number of nitrogens with zero attached hydrogens (tertiary/aromatic N) is 4. The second-order valence-corrected chi connectivity index (χ2v) is 6.22. The molecule has 0 saturated carbocycles. The largest absolute Gasteiger partial charge is 0.478 e. The Morgan fingerprint density at radius 3 is 1.61 bits per heavy atom. The first-order chi connectivity index (χ1) is 14.8. The van der Waals surface area contributed by atoms with Crippen LogP contribution in [0.1, 0.15) is 21.5 Å². The van der Waals surface area contributed by atoms with Crippen molar-refractivity contribution in [2.45, 2.75) is 0 Å². The Labute approximate surface area is 175 Å². The van der Waals surface area contributed by atoms with Crippen LogP contribution in [0.15, 0.2) is 76.7 Å². The van der Waals surface area contributed by atoms with Gasteiger partial charge in [-0.15, -0.1) is 0 Å². The van der Waals surface area contributed by atoms with E-state index in [1.807, 2.05) is 0 Å². The highest BCUT2D eigenvalue weighted by Gasteiger charge is 2.08. The Hall–Kier alpha value is -4.73. The highest BCUT2D eigenvalue weighted by atomic mass is 16.6. The van der Waals surface area contributed by atoms with Gasteiger partial charge in [0.2, 0.25) is 0 Å². The fourth-order valence-electron chi connectivity index (χ4n) is 2.52. The lowest BCUT2D eigenvalue weighted by Crippen LogP contribution is -1.95. The number of aliphatic imine (C=N–C) groups is 2. The lowest BCUT2D eigenvalue weighted by atomic mass is 10.1. The van der Waals surface area contributed by atoms with Gasteiger partial charge in [-0.25, -0.2) is 4.79 Å². The van der Waals surface area contributed by atoms with Gasteiger partial charge in [0, 0.05) is 36.7 Å². The Morgan fingerprint density at radius 1 is 0.742 bits per heavy atom. The zero-order valence-corrected chi connectivity index (χ0v) is 15.8. The van der Waals surface area contributed by atoms with Gasteiger partial charge in [0.15, 0.2) is 0 Å². The molecule has 0 amide bonds. The lowest BCUT2D eigenvalue weighted by molar-refractivity contribution is -0.385. The highest BCUT2D eigenvalue weighted by Crippen LogP contribution is 2.29. The topological polar surface area (TPSA) is 148 Å². The summed E-state index contributed by atoms with van der Waals surface area (Å²) in [4.78, 5) is 40.4. The van der Waals surface area contributed by atoms with E-state index in [0.29, 0.717) is 16.8 Å². The molecule has 3 aromatic rings. The van der Waals surface area contributed by atoms with Crippen LogP contribution in [0.2, 0.25) is 0 Å². The van der Waals surface area contributed by atoms with E-state index in [9.17, 15) is 30.1 Å². The number of hydrogen-bond acceptors (Lipinski definition) is 7. The van der Waals surface area contributed by atoms with Crippen LogP contribution < -0.4 is 0 Å². The first-order valence-electron chi connectivity index (χ1n) is 8.78. The number of nitro groups is 2. The summed E-state index contributed by atoms with van der Waals surface area (Å²) in [6, 6.07) is 15.7. The van der Waals surface area contributed by atoms with Gasteiger partial charge in [0.05, 0.1) is 26.8 Å². The summed E-state index contributed by atoms with van der Waals surface area (Å²) in [6.07, 6.45) is 2.92. The third-order valence-corrected chi connectivity index (χ3v) is 4.14. The van der Waals surface area contributed by atoms with Crippen LogP contribution in [0.4, 0.5) is 22.7 Å². The number of carbonyl (C=O) groups is 1. The van der Waals surface area contributed by atoms with Crippen LogP contribution in [0.25, 0.3) is 0 Å². The molecule has 3 aromatic carbocycles. The molecule has 0 unspecified atom stereocenters. The molecule has 0 radical (unpaired) electrons. The molecule has 3 rings (SSSR count). The number of carboxylic acids is 1. The number of rotatable bonds is 7. The number of non-ortho nitro benzene ring substituents is 2. The van der Waals surface area contributed by atoms with Crippen LogP contribution in [-0.4, -0.2) is 33.4 Å². The third-order valence-electron chi connectivity index (χ3n) is 4.14. The quantitative estimate of drug-likeness (QED) is 0.334. The maximum absolute atomic E-state index is 11.3. The van der Waals surface area contributed by atoms with Gasteiger partial charge in [-0.3, -0.25) is 30.2 Å². The van der Waals surface area contributed by atoms with Gasteiger partial charge in [-0.05, 0) is 53.6 Å². The summed E-state index contributed by atoms with van der Waals surface area (Å²) in [7, 11) is 0. The molecule has 0 atom stereocenters. The van der Waals surface area contributed by atoms with Crippen molar-refractivity contribution in [3.05, 3.63) is 104 Å². The molecular weight excluding hydrogens is 404 g/mol. The molecule has 0 aromatic heterocycles. The van der Waals surface area contributed by atoms with Crippen molar-refractivity contribution in [3.8, 4) is 0 Å². The van der Waals surface area contributed by atoms with E-state index < -0.39 is 15.8 Å². The number of benzene rings is 3. The average Bonchev–Trinajstić information content (AvgIpc) is 2.77. The molecule has 0 aliphatic carbocycles. The van der Waals surface area contributed by atoms with E-state index in [0.717, 1.165) is 0 Å². The van der Waals surface area contributed by atoms with Crippen molar-refractivity contribution < 1.29 is 19.7 Å². The number of aromatic carboxylic acids is 1. The fourth-order valence-corrected chi connectivity index (χ4v) is 2.52. The molecule has 154 valence electrons. The molecule has 0 aliphatic heterocycles. The van der Waals surface area contributed by atoms with E-state index in [-0.39, 0.29) is 22.6 Å². The van der Waals surface area contributed by atoms with Gasteiger partial charge in [0.25, 0.3) is 11.4 Å². The van der Waals surface area contributed by atoms with Crippen LogP contribution >= 0.6 is 0 Å². The molecule has 0 bridgehead atoms. The summed E-state index contributed by atoms with van der Waals surface area (Å²) in [5.41, 5.74) is 1.76. The maximum Gasteiger partial charge on any atom is 0.335 e. The Kier molecular flexibility index (Phi) is 6.21. The minimum atomic E-state index is -1.13. The molecule has 31 heavy (non-hydrogen) atoms. The monoisotopic (exact) mass is 418 g/mol. The molecule has 0 heterocycles. The number of hydrogen-bond donors (Lipinski definition) is 1. The number of nitro benzene ring substituents is 2. The average molecular weight is 418 g/mol. The zero-order chi connectivity index (χ0) is 22.4. The SMILES string of the molecule is O=C(O)c1ccc(N=Cc2ccc([N+](=O)[O-])cc2)c(N=Cc2ccc([N+](=O)[O-])cc2)c1. The predicted molar refractivity (Wildman–Crippen MR) is 114 cm³/mol. The Balaban J connectivity index is 1.90. The third kappa shape index (κ3) is 5.41. The Bertz CT molecular complexity index is 1200. The summed E-state index contributed by atoms with van der Waals surface area (Å²) < 4.78 is 0. The van der Waals surface area contributed by atoms with Gasteiger partial charge < -0.3 is 5.11 Å². The van der Waals surface area contributed by atoms with Crippen molar-refractivity contribution >= 4 is 41.1 Å². The van der Waals surface area contributed by atoms with Crippen molar-refractivity contribution in [1.29, 1.82) is 0 Å². The smallest absolute Gasteiger partial charge is 0.335 e. The molecule has 1 N–H and O–H groups in total. The first-order valence-corrected chi connectivity index (χ1v) is 8.78. The minimum absolute atomic E-state index is 0.0186. The molecule has 10 heteroatoms. The van der Waals surface area contributed by atoms with E-state index in [1.165, 1.54) is 79.2 Å². The van der Waals surface area contributed by atoms with E-state index in [2.05, 4.69) is 9.98 Å². The van der Waals surface area contributed by atoms with Gasteiger partial charge in [-0.2, -0.15) is 0 Å². The summed E-state index contributed by atoms with van der Waals surface area (Å²) in [6.45, 7) is 0. The minimum Gasteiger partial charge on any atom is -0.478 e. The zero-order valence-electron chi connectivity index (χ0n) is 15.8. The van der Waals surface area contributed by atoms with Crippen molar-refractivity contribution in [1.82, 2.24) is 0 Å². The van der Waals surface area contributed by atoms with Crippen molar-refractivity contribution in [3.63, 3.8) is 0 Å². The predicted octanol–water partition coefficient (Wildman–Crippen LogP) is 4.70. The summed E-state index contributed by atoms with van der Waals surface area (Å²) >= 11 is 0. The second-order valence-electron chi connectivity index (χ2n) is 6.22. The maximum atomic E-state index is 11.3. The fraction of sp³-hybridized carbons (Fsp3) is 0. The second kappa shape index (κ2) is 9.18. The normalized spacial score (nSPS) is 11.1. The van der Waals surface area contributed by atoms with Gasteiger partial charge in [0.1, 0.15) is 0 Å². The van der Waals surface area contributed by atoms with Crippen LogP contribution in [0, 0.1) is 20.2 Å². The first kappa shape index (κ1) is 21.0. The number of carboxylic acid groups (broad SMARTS) is 1. The van der Waals surface area contributed by atoms with Crippen LogP contribution in [0.5, 0.6) is 0 Å². The van der Waals surface area contributed by atoms with Crippen molar-refractivity contribution in [2.24, 2.45) is 9.98 Å². The Morgan fingerprint density at radius 2 is 1.19 bits per heavy atom. The summed E-state index contributed by atoms with van der Waals surface area (Å²) in [5, 5.41) is 30.7. The molecular formula is C21H14N4O6. The van der Waals surface area contributed by atoms with Gasteiger partial charge in [-0.1, -0.05) is 0 Å². The van der Waals surface area contributed by atoms with Crippen LogP contribution in [0.3, 0.4) is 0 Å². The van der Waals surface area contributed by atoms with Crippen molar-refractivity contribution in [2.75, 3.05) is 0 Å². The van der Waals surface area contributed by atoms with Crippen LogP contribution in [-0.2, 0) is 0 Å². The summed E-state index contributed by atoms with van der Waals surface area (Å²) in [5.74, 6) is -1.13. The standard InChI is InChI=1S/C21H14N4O6/c26-21(27)16-5-10-19(22-12-14-1-6-17(7-2-14)24(28)29)20(11-16)23-13-15-3-8-18(9-4-15)25(30)31/h1-13H,(H,26,27). The van der Waals surface area contributed by atoms with E-state index in [4.69, 9.17) is 0 Å². The highest BCUT2D eigenvalue weighted by molar-refractivity contribution is 5.92. The van der Waals surface area contributed by atoms with Gasteiger partial charge >= 0.3 is 5.97 Å². The van der Waals surface area contributed by atoms with E-state index >= 15 is 0 Å². The molecule has 0 saturated heterocycles. The molecule has 0 fully saturated rings. The molecule has 0 aliphatic rings. The van der Waals surface area contributed by atoms with E-state index in [1.54, 1.807) is 0 Å². The molecule has 10 nitrogen and oxygen atoms in total. The lowest BCUT2D eigenvalue weighted by Gasteiger charge is -2.03. The molecule has 0 spiro atoms.